The Morgan fingerprint density at radius 1 is 1.37 bits per heavy atom. The first kappa shape index (κ1) is 13.9. The molecule has 4 heteroatoms. The average Bonchev–Trinajstić information content (AvgIpc) is 2.46. The van der Waals surface area contributed by atoms with E-state index in [-0.39, 0.29) is 11.9 Å². The molecule has 0 radical (unpaired) electrons. The van der Waals surface area contributed by atoms with Gasteiger partial charge in [-0.1, -0.05) is 18.2 Å². The second-order valence-corrected chi connectivity index (χ2v) is 5.04. The first-order valence-corrected chi connectivity index (χ1v) is 7.03. The molecule has 0 bridgehead atoms. The molecule has 1 atom stereocenters. The van der Waals surface area contributed by atoms with Crippen LogP contribution in [0.2, 0.25) is 0 Å². The highest BCUT2D eigenvalue weighted by Crippen LogP contribution is 2.19. The van der Waals surface area contributed by atoms with E-state index in [0.29, 0.717) is 6.42 Å². The molecule has 0 aromatic heterocycles. The van der Waals surface area contributed by atoms with Crippen LogP contribution in [-0.2, 0) is 4.79 Å². The van der Waals surface area contributed by atoms with E-state index in [2.05, 4.69) is 39.8 Å². The van der Waals surface area contributed by atoms with E-state index in [1.54, 1.807) is 0 Å². The van der Waals surface area contributed by atoms with Gasteiger partial charge in [0.25, 0.3) is 0 Å². The predicted molar refractivity (Wildman–Crippen MR) is 78.4 cm³/mol. The third-order valence-electron chi connectivity index (χ3n) is 3.51. The number of piperidine rings is 1. The van der Waals surface area contributed by atoms with Gasteiger partial charge in [-0.05, 0) is 32.0 Å². The molecule has 2 rings (SSSR count). The van der Waals surface area contributed by atoms with Crippen LogP contribution in [0.25, 0.3) is 0 Å². The predicted octanol–water partition coefficient (Wildman–Crippen LogP) is 1.38. The number of nitrogens with one attached hydrogen (secondary N) is 2. The van der Waals surface area contributed by atoms with Crippen molar-refractivity contribution < 1.29 is 4.79 Å². The molecular formula is C15H23N3O. The number of carbonyl (C=O) groups excluding carboxylic acids is 1. The Labute approximate surface area is 115 Å². The molecule has 0 aliphatic carbocycles. The second kappa shape index (κ2) is 7.14. The average molecular weight is 261 g/mol. The number of hydrogen-bond acceptors (Lipinski definition) is 3. The minimum atomic E-state index is 0.147. The zero-order valence-electron chi connectivity index (χ0n) is 11.6. The third kappa shape index (κ3) is 4.24. The van der Waals surface area contributed by atoms with E-state index >= 15 is 0 Å². The summed E-state index contributed by atoms with van der Waals surface area (Å²) in [5, 5.41) is 6.13. The maximum Gasteiger partial charge on any atom is 0.221 e. The minimum Gasteiger partial charge on any atom is -0.369 e. The van der Waals surface area contributed by atoms with Crippen LogP contribution in [0.1, 0.15) is 19.3 Å². The third-order valence-corrected chi connectivity index (χ3v) is 3.51. The smallest absolute Gasteiger partial charge is 0.221 e. The molecular weight excluding hydrogens is 238 g/mol. The Hall–Kier alpha value is -1.55. The van der Waals surface area contributed by atoms with Gasteiger partial charge in [0.1, 0.15) is 0 Å². The van der Waals surface area contributed by atoms with E-state index in [1.807, 2.05) is 13.1 Å². The summed E-state index contributed by atoms with van der Waals surface area (Å²) in [5.41, 5.74) is 1.25. The minimum absolute atomic E-state index is 0.147. The van der Waals surface area contributed by atoms with Crippen LogP contribution in [0.3, 0.4) is 0 Å². The van der Waals surface area contributed by atoms with Crippen LogP contribution in [0.4, 0.5) is 5.69 Å². The molecule has 1 fully saturated rings. The standard InChI is InChI=1S/C15H23N3O/c1-16-10-9-15(19)17-13-6-5-11-18(12-13)14-7-3-2-4-8-14/h2-4,7-8,13,16H,5-6,9-12H2,1H3,(H,17,19). The molecule has 1 aliphatic rings. The maximum atomic E-state index is 11.7. The van der Waals surface area contributed by atoms with Gasteiger partial charge in [-0.25, -0.2) is 0 Å². The topological polar surface area (TPSA) is 44.4 Å². The lowest BCUT2D eigenvalue weighted by Gasteiger charge is -2.34. The number of amides is 1. The number of rotatable bonds is 5. The van der Waals surface area contributed by atoms with Gasteiger partial charge in [0.05, 0.1) is 0 Å². The lowest BCUT2D eigenvalue weighted by Crippen LogP contribution is -2.48. The zero-order chi connectivity index (χ0) is 13.5. The van der Waals surface area contributed by atoms with Gasteiger partial charge in [-0.15, -0.1) is 0 Å². The van der Waals surface area contributed by atoms with Gasteiger partial charge in [-0.2, -0.15) is 0 Å². The number of anilines is 1. The van der Waals surface area contributed by atoms with Crippen LogP contribution in [0, 0.1) is 0 Å². The van der Waals surface area contributed by atoms with Crippen molar-refractivity contribution in [1.82, 2.24) is 10.6 Å². The van der Waals surface area contributed by atoms with Crippen molar-refractivity contribution in [2.45, 2.75) is 25.3 Å². The highest BCUT2D eigenvalue weighted by atomic mass is 16.1. The monoisotopic (exact) mass is 261 g/mol. The van der Waals surface area contributed by atoms with Gasteiger partial charge in [-0.3, -0.25) is 4.79 Å². The fourth-order valence-electron chi connectivity index (χ4n) is 2.51. The van der Waals surface area contributed by atoms with Gasteiger partial charge >= 0.3 is 0 Å². The molecule has 104 valence electrons. The highest BCUT2D eigenvalue weighted by molar-refractivity contribution is 5.76. The number of nitrogens with zero attached hydrogens (tertiary/aromatic N) is 1. The zero-order valence-corrected chi connectivity index (χ0v) is 11.6. The molecule has 1 unspecified atom stereocenters. The fraction of sp³-hybridized carbons (Fsp3) is 0.533. The summed E-state index contributed by atoms with van der Waals surface area (Å²) >= 11 is 0. The molecule has 1 aliphatic heterocycles. The lowest BCUT2D eigenvalue weighted by atomic mass is 10.0. The molecule has 1 amide bonds. The normalized spacial score (nSPS) is 19.2. The molecule has 2 N–H and O–H groups in total. The summed E-state index contributed by atoms with van der Waals surface area (Å²) in [4.78, 5) is 14.1. The maximum absolute atomic E-state index is 11.7. The van der Waals surface area contributed by atoms with E-state index in [1.165, 1.54) is 5.69 Å². The number of benzene rings is 1. The Balaban J connectivity index is 1.85. The summed E-state index contributed by atoms with van der Waals surface area (Å²) < 4.78 is 0. The molecule has 1 heterocycles. The van der Waals surface area contributed by atoms with E-state index in [0.717, 1.165) is 32.5 Å². The molecule has 4 nitrogen and oxygen atoms in total. The summed E-state index contributed by atoms with van der Waals surface area (Å²) in [6, 6.07) is 10.7. The van der Waals surface area contributed by atoms with Crippen LogP contribution >= 0.6 is 0 Å². The largest absolute Gasteiger partial charge is 0.369 e. The van der Waals surface area contributed by atoms with Crippen molar-refractivity contribution in [3.05, 3.63) is 30.3 Å². The Morgan fingerprint density at radius 3 is 2.89 bits per heavy atom. The summed E-state index contributed by atoms with van der Waals surface area (Å²) in [6.07, 6.45) is 2.76. The highest BCUT2D eigenvalue weighted by Gasteiger charge is 2.21. The molecule has 0 spiro atoms. The molecule has 0 saturated carbocycles. The molecule has 19 heavy (non-hydrogen) atoms. The van der Waals surface area contributed by atoms with Crippen molar-refractivity contribution in [2.75, 3.05) is 31.6 Å². The number of para-hydroxylation sites is 1. The van der Waals surface area contributed by atoms with Gasteiger partial charge in [0, 0.05) is 37.8 Å². The van der Waals surface area contributed by atoms with Crippen molar-refractivity contribution in [3.8, 4) is 0 Å². The van der Waals surface area contributed by atoms with E-state index < -0.39 is 0 Å². The van der Waals surface area contributed by atoms with E-state index in [9.17, 15) is 4.79 Å². The first-order chi connectivity index (χ1) is 9.29. The van der Waals surface area contributed by atoms with E-state index in [4.69, 9.17) is 0 Å². The van der Waals surface area contributed by atoms with Crippen molar-refractivity contribution >= 4 is 11.6 Å². The van der Waals surface area contributed by atoms with Gasteiger partial charge in [0.15, 0.2) is 0 Å². The number of carbonyl (C=O) groups is 1. The van der Waals surface area contributed by atoms with Crippen molar-refractivity contribution in [1.29, 1.82) is 0 Å². The Bertz CT molecular complexity index is 394. The van der Waals surface area contributed by atoms with Gasteiger partial charge in [0.2, 0.25) is 5.91 Å². The number of hydrogen-bond donors (Lipinski definition) is 2. The lowest BCUT2D eigenvalue weighted by molar-refractivity contribution is -0.121. The molecule has 1 aromatic rings. The van der Waals surface area contributed by atoms with Crippen LogP contribution in [0.15, 0.2) is 30.3 Å². The van der Waals surface area contributed by atoms with Crippen molar-refractivity contribution in [3.63, 3.8) is 0 Å². The summed E-state index contributed by atoms with van der Waals surface area (Å²) in [7, 11) is 1.87. The Kier molecular flexibility index (Phi) is 5.21. The van der Waals surface area contributed by atoms with Crippen LogP contribution in [0.5, 0.6) is 0 Å². The van der Waals surface area contributed by atoms with Crippen molar-refractivity contribution in [2.24, 2.45) is 0 Å². The van der Waals surface area contributed by atoms with Crippen LogP contribution < -0.4 is 15.5 Å². The second-order valence-electron chi connectivity index (χ2n) is 5.04. The molecule has 1 saturated heterocycles. The first-order valence-electron chi connectivity index (χ1n) is 7.03. The van der Waals surface area contributed by atoms with Gasteiger partial charge < -0.3 is 15.5 Å². The SMILES string of the molecule is CNCCC(=O)NC1CCCN(c2ccccc2)C1. The molecule has 1 aromatic carbocycles. The summed E-state index contributed by atoms with van der Waals surface area (Å²) in [5.74, 6) is 0.147. The fourth-order valence-corrected chi connectivity index (χ4v) is 2.51. The van der Waals surface area contributed by atoms with Crippen LogP contribution in [-0.4, -0.2) is 38.6 Å². The quantitative estimate of drug-likeness (QED) is 0.841. The Morgan fingerprint density at radius 2 is 2.16 bits per heavy atom. The summed E-state index contributed by atoms with van der Waals surface area (Å²) in [6.45, 7) is 2.73.